The minimum atomic E-state index is -3.17. The predicted octanol–water partition coefficient (Wildman–Crippen LogP) is 5.24. The van der Waals surface area contributed by atoms with Gasteiger partial charge in [-0.25, -0.2) is 0 Å². The number of carbonyl (C=O) groups is 1. The van der Waals surface area contributed by atoms with Crippen molar-refractivity contribution >= 4 is 13.5 Å². The van der Waals surface area contributed by atoms with E-state index >= 15 is 0 Å². The summed E-state index contributed by atoms with van der Waals surface area (Å²) >= 11 is 0. The Bertz CT molecular complexity index is 359. The molecule has 0 aliphatic heterocycles. The number of unbranched alkanes of at least 4 members (excludes halogenated alkanes) is 6. The Balaban J connectivity index is 4.43. The SMILES string of the molecule is CCCCCCOP(=O)(CCCCCC)OCC(=O)N(CC)CC. The van der Waals surface area contributed by atoms with Crippen LogP contribution in [0, 0.1) is 0 Å². The summed E-state index contributed by atoms with van der Waals surface area (Å²) in [5.74, 6) is -0.122. The third kappa shape index (κ3) is 11.2. The van der Waals surface area contributed by atoms with Gasteiger partial charge in [-0.1, -0.05) is 52.4 Å². The smallest absolute Gasteiger partial charge is 0.331 e. The quantitative estimate of drug-likeness (QED) is 0.278. The summed E-state index contributed by atoms with van der Waals surface area (Å²) in [5, 5.41) is 0. The zero-order valence-electron chi connectivity index (χ0n) is 16.2. The fourth-order valence-corrected chi connectivity index (χ4v) is 4.11. The van der Waals surface area contributed by atoms with Crippen LogP contribution in [0.5, 0.6) is 0 Å². The van der Waals surface area contributed by atoms with Gasteiger partial charge in [0.05, 0.1) is 12.8 Å². The van der Waals surface area contributed by atoms with E-state index in [1.807, 2.05) is 13.8 Å². The lowest BCUT2D eigenvalue weighted by molar-refractivity contribution is -0.133. The summed E-state index contributed by atoms with van der Waals surface area (Å²) in [5.41, 5.74) is 0. The summed E-state index contributed by atoms with van der Waals surface area (Å²) in [6, 6.07) is 0. The number of hydrogen-bond acceptors (Lipinski definition) is 4. The Hall–Kier alpha value is -0.380. The van der Waals surface area contributed by atoms with Gasteiger partial charge in [0.25, 0.3) is 0 Å². The van der Waals surface area contributed by atoms with Crippen molar-refractivity contribution in [3.05, 3.63) is 0 Å². The second-order valence-electron chi connectivity index (χ2n) is 6.13. The zero-order chi connectivity index (χ0) is 18.3. The van der Waals surface area contributed by atoms with Crippen LogP contribution in [-0.2, 0) is 18.4 Å². The molecule has 0 N–H and O–H groups in total. The molecule has 0 aromatic heterocycles. The van der Waals surface area contributed by atoms with Crippen molar-refractivity contribution in [3.63, 3.8) is 0 Å². The normalized spacial score (nSPS) is 13.7. The van der Waals surface area contributed by atoms with Crippen LogP contribution in [-0.4, -0.2) is 43.3 Å². The van der Waals surface area contributed by atoms with Gasteiger partial charge in [-0.15, -0.1) is 0 Å². The first kappa shape index (κ1) is 23.6. The molecule has 0 spiro atoms. The Labute approximate surface area is 149 Å². The molecular formula is C18H38NO4P. The van der Waals surface area contributed by atoms with E-state index in [9.17, 15) is 9.36 Å². The highest BCUT2D eigenvalue weighted by Crippen LogP contribution is 2.49. The Kier molecular flexibility index (Phi) is 14.7. The molecule has 0 fully saturated rings. The van der Waals surface area contributed by atoms with Gasteiger partial charge >= 0.3 is 7.60 Å². The maximum absolute atomic E-state index is 12.9. The lowest BCUT2D eigenvalue weighted by Crippen LogP contribution is -2.33. The van der Waals surface area contributed by atoms with E-state index < -0.39 is 7.60 Å². The molecule has 0 heterocycles. The molecule has 6 heteroatoms. The van der Waals surface area contributed by atoms with Crippen molar-refractivity contribution < 1.29 is 18.4 Å². The Morgan fingerprint density at radius 1 is 0.833 bits per heavy atom. The maximum Gasteiger partial charge on any atom is 0.331 e. The molecule has 1 unspecified atom stereocenters. The van der Waals surface area contributed by atoms with Crippen molar-refractivity contribution in [1.29, 1.82) is 0 Å². The van der Waals surface area contributed by atoms with Crippen LogP contribution in [0.25, 0.3) is 0 Å². The number of amides is 1. The number of nitrogens with zero attached hydrogens (tertiary/aromatic N) is 1. The minimum absolute atomic E-state index is 0.122. The first-order chi connectivity index (χ1) is 11.5. The lowest BCUT2D eigenvalue weighted by atomic mass is 10.2. The van der Waals surface area contributed by atoms with Crippen molar-refractivity contribution in [2.45, 2.75) is 79.1 Å². The molecule has 0 aromatic carbocycles. The predicted molar refractivity (Wildman–Crippen MR) is 101 cm³/mol. The van der Waals surface area contributed by atoms with Gasteiger partial charge in [0.1, 0.15) is 6.61 Å². The van der Waals surface area contributed by atoms with Gasteiger partial charge in [-0.3, -0.25) is 13.9 Å². The molecule has 144 valence electrons. The van der Waals surface area contributed by atoms with Gasteiger partial charge in [-0.2, -0.15) is 0 Å². The molecule has 0 bridgehead atoms. The lowest BCUT2D eigenvalue weighted by Gasteiger charge is -2.22. The number of rotatable bonds is 16. The molecule has 5 nitrogen and oxygen atoms in total. The van der Waals surface area contributed by atoms with E-state index in [1.165, 1.54) is 0 Å². The Morgan fingerprint density at radius 3 is 1.96 bits per heavy atom. The molecule has 0 rings (SSSR count). The molecule has 0 aliphatic carbocycles. The van der Waals surface area contributed by atoms with E-state index in [0.717, 1.165) is 51.4 Å². The zero-order valence-corrected chi connectivity index (χ0v) is 17.1. The highest BCUT2D eigenvalue weighted by Gasteiger charge is 2.26. The molecule has 1 atom stereocenters. The molecule has 0 saturated heterocycles. The van der Waals surface area contributed by atoms with E-state index in [1.54, 1.807) is 4.90 Å². The average molecular weight is 363 g/mol. The Morgan fingerprint density at radius 2 is 1.42 bits per heavy atom. The monoisotopic (exact) mass is 363 g/mol. The van der Waals surface area contributed by atoms with Gasteiger partial charge in [0.2, 0.25) is 5.91 Å². The minimum Gasteiger partial charge on any atom is -0.341 e. The molecule has 24 heavy (non-hydrogen) atoms. The topological polar surface area (TPSA) is 55.8 Å². The third-order valence-electron chi connectivity index (χ3n) is 4.07. The molecule has 1 amide bonds. The molecule has 0 saturated carbocycles. The highest BCUT2D eigenvalue weighted by atomic mass is 31.2. The van der Waals surface area contributed by atoms with Crippen LogP contribution in [0.2, 0.25) is 0 Å². The fraction of sp³-hybridized carbons (Fsp3) is 0.944. The van der Waals surface area contributed by atoms with E-state index in [0.29, 0.717) is 25.9 Å². The van der Waals surface area contributed by atoms with Crippen LogP contribution >= 0.6 is 7.60 Å². The maximum atomic E-state index is 12.9. The highest BCUT2D eigenvalue weighted by molar-refractivity contribution is 7.53. The van der Waals surface area contributed by atoms with Crippen LogP contribution in [0.3, 0.4) is 0 Å². The summed E-state index contributed by atoms with van der Waals surface area (Å²) in [7, 11) is -3.17. The molecule has 0 aromatic rings. The standard InChI is InChI=1S/C18H38NO4P/c1-5-9-11-13-15-22-24(21,16-14-12-10-6-2)23-17-18(20)19(7-3)8-4/h5-17H2,1-4H3. The fourth-order valence-electron chi connectivity index (χ4n) is 2.45. The van der Waals surface area contributed by atoms with E-state index in [-0.39, 0.29) is 12.5 Å². The van der Waals surface area contributed by atoms with Crippen LogP contribution < -0.4 is 0 Å². The number of likely N-dealkylation sites (N-methyl/N-ethyl adjacent to an activating group) is 1. The van der Waals surface area contributed by atoms with Crippen molar-refractivity contribution in [2.75, 3.05) is 32.5 Å². The van der Waals surface area contributed by atoms with E-state index in [2.05, 4.69) is 13.8 Å². The summed E-state index contributed by atoms with van der Waals surface area (Å²) in [6.07, 6.45) is 8.77. The molecule has 0 aliphatic rings. The van der Waals surface area contributed by atoms with Gasteiger partial charge in [0.15, 0.2) is 0 Å². The van der Waals surface area contributed by atoms with Crippen LogP contribution in [0.1, 0.15) is 79.1 Å². The largest absolute Gasteiger partial charge is 0.341 e. The van der Waals surface area contributed by atoms with Crippen molar-refractivity contribution in [2.24, 2.45) is 0 Å². The third-order valence-corrected chi connectivity index (χ3v) is 6.03. The number of carbonyl (C=O) groups excluding carboxylic acids is 1. The van der Waals surface area contributed by atoms with Gasteiger partial charge < -0.3 is 9.42 Å². The van der Waals surface area contributed by atoms with Crippen molar-refractivity contribution in [3.8, 4) is 0 Å². The van der Waals surface area contributed by atoms with Crippen molar-refractivity contribution in [1.82, 2.24) is 4.90 Å². The van der Waals surface area contributed by atoms with Gasteiger partial charge in [0, 0.05) is 13.1 Å². The van der Waals surface area contributed by atoms with Crippen LogP contribution in [0.4, 0.5) is 0 Å². The van der Waals surface area contributed by atoms with Crippen LogP contribution in [0.15, 0.2) is 0 Å². The first-order valence-corrected chi connectivity index (χ1v) is 11.4. The summed E-state index contributed by atoms with van der Waals surface area (Å²) < 4.78 is 24.0. The summed E-state index contributed by atoms with van der Waals surface area (Å²) in [6.45, 7) is 9.72. The average Bonchev–Trinajstić information content (AvgIpc) is 2.58. The second kappa shape index (κ2) is 14.9. The first-order valence-electron chi connectivity index (χ1n) is 9.68. The summed E-state index contributed by atoms with van der Waals surface area (Å²) in [4.78, 5) is 13.8. The van der Waals surface area contributed by atoms with Gasteiger partial charge in [-0.05, 0) is 26.7 Å². The molecular weight excluding hydrogens is 325 g/mol. The second-order valence-corrected chi connectivity index (χ2v) is 8.31. The van der Waals surface area contributed by atoms with E-state index in [4.69, 9.17) is 9.05 Å². The molecule has 0 radical (unpaired) electrons. The number of hydrogen-bond donors (Lipinski definition) is 0.